The number of hydrogen-bond acceptors (Lipinski definition) is 15. The third-order valence-corrected chi connectivity index (χ3v) is 18.3. The second kappa shape index (κ2) is 60.3. The minimum Gasteiger partial charge on any atom is -0.462 e. The van der Waals surface area contributed by atoms with Crippen LogP contribution in [0.5, 0.6) is 0 Å². The van der Waals surface area contributed by atoms with Crippen LogP contribution in [0.3, 0.4) is 0 Å². The number of carbonyl (C=O) groups is 4. The molecule has 87 heavy (non-hydrogen) atoms. The number of rotatable bonds is 67. The third-order valence-electron chi connectivity index (χ3n) is 16.4. The molecule has 3 N–H and O–H groups in total. The van der Waals surface area contributed by atoms with Gasteiger partial charge in [-0.05, 0) is 37.5 Å². The zero-order chi connectivity index (χ0) is 64.3. The summed E-state index contributed by atoms with van der Waals surface area (Å²) in [5.74, 6) is -0.580. The molecular weight excluding hydrogens is 1150 g/mol. The summed E-state index contributed by atoms with van der Waals surface area (Å²) in [6.45, 7) is 9.53. The van der Waals surface area contributed by atoms with Crippen LogP contribution in [0.2, 0.25) is 0 Å². The molecule has 0 heterocycles. The second-order valence-corrected chi connectivity index (χ2v) is 28.0. The molecule has 0 saturated heterocycles. The molecule has 0 aromatic carbocycles. The highest BCUT2D eigenvalue weighted by atomic mass is 31.2. The van der Waals surface area contributed by atoms with Crippen molar-refractivity contribution in [1.29, 1.82) is 0 Å². The molecule has 0 rings (SSSR count). The van der Waals surface area contributed by atoms with Crippen molar-refractivity contribution >= 4 is 39.5 Å². The second-order valence-electron chi connectivity index (χ2n) is 25.0. The molecule has 4 unspecified atom stereocenters. The van der Waals surface area contributed by atoms with Gasteiger partial charge in [-0.1, -0.05) is 292 Å². The van der Waals surface area contributed by atoms with Crippen molar-refractivity contribution in [3.8, 4) is 0 Å². The largest absolute Gasteiger partial charge is 0.472 e. The third kappa shape index (κ3) is 60.1. The fourth-order valence-corrected chi connectivity index (χ4v) is 11.8. The van der Waals surface area contributed by atoms with Crippen LogP contribution in [0, 0.1) is 11.8 Å². The van der Waals surface area contributed by atoms with E-state index >= 15 is 0 Å². The zero-order valence-electron chi connectivity index (χ0n) is 56.3. The summed E-state index contributed by atoms with van der Waals surface area (Å²) in [4.78, 5) is 72.4. The van der Waals surface area contributed by atoms with Crippen molar-refractivity contribution in [3.05, 3.63) is 0 Å². The van der Waals surface area contributed by atoms with Gasteiger partial charge in [-0.15, -0.1) is 0 Å². The quantitative estimate of drug-likeness (QED) is 0.0222. The Balaban J connectivity index is 5.26. The number of hydrogen-bond donors (Lipinski definition) is 3. The van der Waals surface area contributed by atoms with Crippen molar-refractivity contribution in [1.82, 2.24) is 0 Å². The lowest BCUT2D eigenvalue weighted by molar-refractivity contribution is -0.161. The number of carbonyl (C=O) groups excluding carboxylic acids is 4. The molecule has 0 radical (unpaired) electrons. The molecule has 19 heteroatoms. The van der Waals surface area contributed by atoms with E-state index in [1.54, 1.807) is 0 Å². The fraction of sp³-hybridized carbons (Fsp3) is 0.941. The Morgan fingerprint density at radius 2 is 0.552 bits per heavy atom. The summed E-state index contributed by atoms with van der Waals surface area (Å²) in [6, 6.07) is 0. The lowest BCUT2D eigenvalue weighted by Gasteiger charge is -2.21. The van der Waals surface area contributed by atoms with Gasteiger partial charge in [-0.2, -0.15) is 0 Å². The Kier molecular flexibility index (Phi) is 59.0. The number of ether oxygens (including phenoxy) is 4. The van der Waals surface area contributed by atoms with Crippen molar-refractivity contribution < 1.29 is 80.2 Å². The maximum Gasteiger partial charge on any atom is 0.472 e. The van der Waals surface area contributed by atoms with Gasteiger partial charge in [0.05, 0.1) is 26.4 Å². The van der Waals surface area contributed by atoms with Crippen LogP contribution < -0.4 is 0 Å². The van der Waals surface area contributed by atoms with Crippen LogP contribution in [0.25, 0.3) is 0 Å². The van der Waals surface area contributed by atoms with Gasteiger partial charge in [-0.3, -0.25) is 37.3 Å². The summed E-state index contributed by atoms with van der Waals surface area (Å²) in [6.07, 6.45) is 44.2. The standard InChI is InChI=1S/C68H132O17P2/c1-7-11-13-15-17-19-21-22-23-25-34-40-46-52-67(72)84-63(57-79-66(71)51-45-39-33-28-26-30-36-42-48-60(5)9-3)58-82-86(74,75)80-54-62(69)55-81-87(76,77)83-59-64(56-78-65(70)50-44-38-32-24-20-18-16-14-12-8-2)85-68(73)53-47-41-35-29-27-31-37-43-49-61(6)10-4/h60-64,69H,7-59H2,1-6H3,(H,74,75)(H,76,77)/t60?,61?,62-,63-,64-/m1/s1. The van der Waals surface area contributed by atoms with Gasteiger partial charge < -0.3 is 33.8 Å². The monoisotopic (exact) mass is 1280 g/mol. The molecule has 0 saturated carbocycles. The first kappa shape index (κ1) is 85.1. The van der Waals surface area contributed by atoms with Crippen molar-refractivity contribution in [3.63, 3.8) is 0 Å². The average Bonchev–Trinajstić information content (AvgIpc) is 3.52. The van der Waals surface area contributed by atoms with Crippen LogP contribution in [-0.2, 0) is 65.4 Å². The minimum atomic E-state index is -4.95. The highest BCUT2D eigenvalue weighted by Gasteiger charge is 2.30. The van der Waals surface area contributed by atoms with Gasteiger partial charge in [-0.25, -0.2) is 9.13 Å². The van der Waals surface area contributed by atoms with E-state index in [0.717, 1.165) is 102 Å². The number of aliphatic hydroxyl groups is 1. The smallest absolute Gasteiger partial charge is 0.462 e. The molecule has 17 nitrogen and oxygen atoms in total. The summed E-state index contributed by atoms with van der Waals surface area (Å²) >= 11 is 0. The predicted octanol–water partition coefficient (Wildman–Crippen LogP) is 19.2. The molecule has 0 spiro atoms. The minimum absolute atomic E-state index is 0.105. The average molecular weight is 1280 g/mol. The first-order valence-corrected chi connectivity index (χ1v) is 38.6. The molecule has 0 bridgehead atoms. The lowest BCUT2D eigenvalue weighted by Crippen LogP contribution is -2.30. The Labute approximate surface area is 530 Å². The summed E-state index contributed by atoms with van der Waals surface area (Å²) in [5.41, 5.74) is 0. The Bertz CT molecular complexity index is 1700. The van der Waals surface area contributed by atoms with Gasteiger partial charge in [0.1, 0.15) is 19.3 Å². The first-order chi connectivity index (χ1) is 41.9. The summed E-state index contributed by atoms with van der Waals surface area (Å²) < 4.78 is 68.2. The molecule has 0 aromatic rings. The van der Waals surface area contributed by atoms with E-state index in [1.165, 1.54) is 161 Å². The van der Waals surface area contributed by atoms with Gasteiger partial charge in [0.2, 0.25) is 0 Å². The highest BCUT2D eigenvalue weighted by molar-refractivity contribution is 7.47. The molecule has 7 atom stereocenters. The Hall–Kier alpha value is -1.94. The predicted molar refractivity (Wildman–Crippen MR) is 349 cm³/mol. The molecule has 0 aromatic heterocycles. The topological polar surface area (TPSA) is 237 Å². The van der Waals surface area contributed by atoms with E-state index in [-0.39, 0.29) is 25.7 Å². The summed E-state index contributed by atoms with van der Waals surface area (Å²) in [5, 5.41) is 10.6. The van der Waals surface area contributed by atoms with Crippen LogP contribution in [0.15, 0.2) is 0 Å². The number of esters is 4. The van der Waals surface area contributed by atoms with Gasteiger partial charge >= 0.3 is 39.5 Å². The molecular formula is C68H132O17P2. The van der Waals surface area contributed by atoms with Crippen molar-refractivity contribution in [2.75, 3.05) is 39.6 Å². The van der Waals surface area contributed by atoms with E-state index in [0.29, 0.717) is 25.7 Å². The van der Waals surface area contributed by atoms with Crippen LogP contribution in [0.4, 0.5) is 0 Å². The molecule has 0 aliphatic heterocycles. The number of aliphatic hydroxyl groups excluding tert-OH is 1. The number of phosphoric acid groups is 2. The maximum atomic E-state index is 13.0. The molecule has 516 valence electrons. The summed E-state index contributed by atoms with van der Waals surface area (Å²) in [7, 11) is -9.90. The van der Waals surface area contributed by atoms with Crippen molar-refractivity contribution in [2.45, 2.75) is 362 Å². The normalized spacial score (nSPS) is 14.8. The number of phosphoric ester groups is 2. The van der Waals surface area contributed by atoms with E-state index in [9.17, 15) is 43.2 Å². The van der Waals surface area contributed by atoms with E-state index in [1.807, 2.05) is 0 Å². The van der Waals surface area contributed by atoms with Gasteiger partial charge in [0.25, 0.3) is 0 Å². The maximum absolute atomic E-state index is 13.0. The molecule has 0 amide bonds. The van der Waals surface area contributed by atoms with E-state index in [2.05, 4.69) is 41.5 Å². The van der Waals surface area contributed by atoms with Gasteiger partial charge in [0.15, 0.2) is 12.2 Å². The highest BCUT2D eigenvalue weighted by Crippen LogP contribution is 2.45. The van der Waals surface area contributed by atoms with E-state index in [4.69, 9.17) is 37.0 Å². The van der Waals surface area contributed by atoms with Gasteiger partial charge in [0, 0.05) is 25.7 Å². The fourth-order valence-electron chi connectivity index (χ4n) is 10.2. The van der Waals surface area contributed by atoms with Crippen LogP contribution in [-0.4, -0.2) is 96.7 Å². The molecule has 0 fully saturated rings. The van der Waals surface area contributed by atoms with Crippen LogP contribution >= 0.6 is 15.6 Å². The van der Waals surface area contributed by atoms with Crippen LogP contribution in [0.1, 0.15) is 343 Å². The molecule has 0 aliphatic rings. The van der Waals surface area contributed by atoms with Crippen molar-refractivity contribution in [2.24, 2.45) is 11.8 Å². The number of unbranched alkanes of at least 4 members (excludes halogenated alkanes) is 35. The Morgan fingerprint density at radius 1 is 0.322 bits per heavy atom. The lowest BCUT2D eigenvalue weighted by atomic mass is 9.99. The first-order valence-electron chi connectivity index (χ1n) is 35.6. The Morgan fingerprint density at radius 3 is 0.816 bits per heavy atom. The van der Waals surface area contributed by atoms with E-state index < -0.39 is 97.5 Å². The molecule has 0 aliphatic carbocycles. The zero-order valence-corrected chi connectivity index (χ0v) is 58.1. The SMILES string of the molecule is CCCCCCCCCCCCCCCC(=O)O[C@H](COC(=O)CCCCCCCCCCC(C)CC)COP(=O)(O)OC[C@@H](O)COP(=O)(O)OC[C@@H](COC(=O)CCCCCCCCCCCC)OC(=O)CCCCCCCCCCC(C)CC.